The Labute approximate surface area is 177 Å². The van der Waals surface area contributed by atoms with E-state index in [0.29, 0.717) is 6.54 Å². The fourth-order valence-electron chi connectivity index (χ4n) is 3.81. The Bertz CT molecular complexity index is 1010. The fourth-order valence-corrected chi connectivity index (χ4v) is 3.81. The molecule has 0 bridgehead atoms. The maximum Gasteiger partial charge on any atom is 0.191 e. The van der Waals surface area contributed by atoms with E-state index in [1.165, 1.54) is 22.0 Å². The molecule has 8 nitrogen and oxygen atoms in total. The molecule has 0 aliphatic carbocycles. The first-order valence-electron chi connectivity index (χ1n) is 10.7. The van der Waals surface area contributed by atoms with Gasteiger partial charge in [-0.25, -0.2) is 4.99 Å². The van der Waals surface area contributed by atoms with Crippen molar-refractivity contribution in [3.63, 3.8) is 0 Å². The summed E-state index contributed by atoms with van der Waals surface area (Å²) in [5, 5.41) is 16.5. The van der Waals surface area contributed by atoms with Gasteiger partial charge in [-0.2, -0.15) is 0 Å². The van der Waals surface area contributed by atoms with Crippen molar-refractivity contribution >= 4 is 16.9 Å². The molecule has 1 aliphatic rings. The first kappa shape index (κ1) is 20.4. The van der Waals surface area contributed by atoms with Gasteiger partial charge in [-0.15, -0.1) is 10.2 Å². The molecule has 160 valence electrons. The second-order valence-corrected chi connectivity index (χ2v) is 7.89. The molecule has 1 aliphatic heterocycles. The van der Waals surface area contributed by atoms with Crippen LogP contribution in [0.1, 0.15) is 35.6 Å². The molecule has 1 saturated heterocycles. The number of benzene rings is 1. The van der Waals surface area contributed by atoms with Crippen molar-refractivity contribution in [3.8, 4) is 0 Å². The van der Waals surface area contributed by atoms with E-state index in [2.05, 4.69) is 57.1 Å². The Balaban J connectivity index is 1.39. The van der Waals surface area contributed by atoms with E-state index in [4.69, 9.17) is 9.73 Å². The predicted molar refractivity (Wildman–Crippen MR) is 119 cm³/mol. The zero-order valence-corrected chi connectivity index (χ0v) is 18.0. The van der Waals surface area contributed by atoms with Gasteiger partial charge >= 0.3 is 0 Å². The molecular weight excluding hydrogens is 378 g/mol. The van der Waals surface area contributed by atoms with Crippen LogP contribution in [0.15, 0.2) is 29.4 Å². The van der Waals surface area contributed by atoms with Crippen molar-refractivity contribution in [3.05, 3.63) is 47.2 Å². The highest BCUT2D eigenvalue weighted by atomic mass is 16.5. The van der Waals surface area contributed by atoms with Gasteiger partial charge in [-0.1, -0.05) is 18.2 Å². The predicted octanol–water partition coefficient (Wildman–Crippen LogP) is 2.37. The molecule has 3 N–H and O–H groups in total. The summed E-state index contributed by atoms with van der Waals surface area (Å²) in [6.07, 6.45) is 5.50. The second kappa shape index (κ2) is 9.30. The molecule has 0 radical (unpaired) electrons. The Hall–Kier alpha value is -2.87. The number of H-pyrrole nitrogens is 1. The third-order valence-electron chi connectivity index (χ3n) is 5.78. The van der Waals surface area contributed by atoms with Gasteiger partial charge in [-0.05, 0) is 44.2 Å². The van der Waals surface area contributed by atoms with E-state index in [-0.39, 0.29) is 6.10 Å². The molecule has 1 unspecified atom stereocenters. The van der Waals surface area contributed by atoms with Crippen molar-refractivity contribution in [2.45, 2.75) is 45.8 Å². The average Bonchev–Trinajstić information content (AvgIpc) is 3.47. The minimum absolute atomic E-state index is 0.255. The molecule has 3 aromatic rings. The fraction of sp³-hybridized carbons (Fsp3) is 0.500. The Morgan fingerprint density at radius 2 is 2.20 bits per heavy atom. The first-order chi connectivity index (χ1) is 14.6. The number of para-hydroxylation sites is 1. The minimum Gasteiger partial charge on any atom is -0.376 e. The number of aromatic amines is 1. The number of aliphatic imine (C=N–C) groups is 1. The lowest BCUT2D eigenvalue weighted by Crippen LogP contribution is -2.42. The molecule has 0 spiro atoms. The minimum atomic E-state index is 0.255. The molecule has 2 aromatic heterocycles. The Kier molecular flexibility index (Phi) is 6.32. The van der Waals surface area contributed by atoms with E-state index in [1.54, 1.807) is 0 Å². The van der Waals surface area contributed by atoms with Crippen LogP contribution in [0.25, 0.3) is 10.9 Å². The average molecular weight is 410 g/mol. The first-order valence-corrected chi connectivity index (χ1v) is 10.7. The molecule has 1 aromatic carbocycles. The SMILES string of the molecule is Cc1cccc2c(CCNC(=NCc3nnc(C)n3C)NCC3CCCO3)c[nH]c12. The Morgan fingerprint density at radius 1 is 1.30 bits per heavy atom. The van der Waals surface area contributed by atoms with Crippen LogP contribution in [0.2, 0.25) is 0 Å². The topological polar surface area (TPSA) is 92.2 Å². The number of aromatic nitrogens is 4. The number of hydrogen-bond donors (Lipinski definition) is 3. The maximum atomic E-state index is 5.74. The molecule has 30 heavy (non-hydrogen) atoms. The van der Waals surface area contributed by atoms with Crippen LogP contribution < -0.4 is 10.6 Å². The smallest absolute Gasteiger partial charge is 0.191 e. The van der Waals surface area contributed by atoms with Gasteiger partial charge in [0.25, 0.3) is 0 Å². The van der Waals surface area contributed by atoms with Crippen LogP contribution in [0.3, 0.4) is 0 Å². The van der Waals surface area contributed by atoms with Crippen LogP contribution in [-0.2, 0) is 24.8 Å². The molecule has 0 amide bonds. The number of hydrogen-bond acceptors (Lipinski definition) is 4. The summed E-state index contributed by atoms with van der Waals surface area (Å²) in [7, 11) is 1.96. The summed E-state index contributed by atoms with van der Waals surface area (Å²) < 4.78 is 7.70. The zero-order valence-electron chi connectivity index (χ0n) is 18.0. The van der Waals surface area contributed by atoms with E-state index in [9.17, 15) is 0 Å². The highest BCUT2D eigenvalue weighted by Gasteiger charge is 2.16. The van der Waals surface area contributed by atoms with Crippen LogP contribution in [0.4, 0.5) is 0 Å². The number of aryl methyl sites for hydroxylation is 2. The molecule has 1 fully saturated rings. The largest absolute Gasteiger partial charge is 0.376 e. The standard InChI is InChI=1S/C22H31N7O/c1-15-6-4-8-19-17(12-24-21(15)19)9-10-23-22(25-13-18-7-5-11-30-18)26-14-20-28-27-16(2)29(20)3/h4,6,8,12,18,24H,5,7,9-11,13-14H2,1-3H3,(H2,23,25,26). The van der Waals surface area contributed by atoms with Crippen LogP contribution in [0.5, 0.6) is 0 Å². The summed E-state index contributed by atoms with van der Waals surface area (Å²) in [4.78, 5) is 8.14. The van der Waals surface area contributed by atoms with E-state index >= 15 is 0 Å². The van der Waals surface area contributed by atoms with Crippen molar-refractivity contribution in [1.29, 1.82) is 0 Å². The van der Waals surface area contributed by atoms with E-state index in [1.807, 2.05) is 18.5 Å². The quantitative estimate of drug-likeness (QED) is 0.412. The molecule has 4 rings (SSSR count). The summed E-state index contributed by atoms with van der Waals surface area (Å²) in [6.45, 7) is 6.95. The van der Waals surface area contributed by atoms with Gasteiger partial charge in [0.2, 0.25) is 0 Å². The number of fused-ring (bicyclic) bond motifs is 1. The van der Waals surface area contributed by atoms with Crippen molar-refractivity contribution < 1.29 is 4.74 Å². The number of nitrogens with one attached hydrogen (secondary N) is 3. The van der Waals surface area contributed by atoms with E-state index < -0.39 is 0 Å². The molecule has 0 saturated carbocycles. The lowest BCUT2D eigenvalue weighted by atomic mass is 10.1. The van der Waals surface area contributed by atoms with Crippen molar-refractivity contribution in [1.82, 2.24) is 30.4 Å². The normalized spacial score (nSPS) is 17.0. The van der Waals surface area contributed by atoms with Gasteiger partial charge in [0.1, 0.15) is 12.4 Å². The number of ether oxygens (including phenoxy) is 1. The maximum absolute atomic E-state index is 5.74. The number of guanidine groups is 1. The van der Waals surface area contributed by atoms with Gasteiger partial charge in [0.15, 0.2) is 11.8 Å². The van der Waals surface area contributed by atoms with Crippen molar-refractivity contribution in [2.24, 2.45) is 12.0 Å². The molecular formula is C22H31N7O. The van der Waals surface area contributed by atoms with Crippen LogP contribution in [-0.4, -0.2) is 51.5 Å². The van der Waals surface area contributed by atoms with Crippen molar-refractivity contribution in [2.75, 3.05) is 19.7 Å². The summed E-state index contributed by atoms with van der Waals surface area (Å²) in [5.41, 5.74) is 3.80. The molecule has 3 heterocycles. The van der Waals surface area contributed by atoms with Crippen LogP contribution >= 0.6 is 0 Å². The summed E-state index contributed by atoms with van der Waals surface area (Å²) >= 11 is 0. The van der Waals surface area contributed by atoms with Gasteiger partial charge in [0, 0.05) is 43.8 Å². The highest BCUT2D eigenvalue weighted by Crippen LogP contribution is 2.21. The summed E-state index contributed by atoms with van der Waals surface area (Å²) in [5.74, 6) is 2.51. The third-order valence-corrected chi connectivity index (χ3v) is 5.78. The Morgan fingerprint density at radius 3 is 2.97 bits per heavy atom. The summed E-state index contributed by atoms with van der Waals surface area (Å²) in [6, 6.07) is 6.42. The van der Waals surface area contributed by atoms with E-state index in [0.717, 1.165) is 56.6 Å². The number of nitrogens with zero attached hydrogens (tertiary/aromatic N) is 4. The molecule has 8 heteroatoms. The highest BCUT2D eigenvalue weighted by molar-refractivity contribution is 5.86. The number of rotatable bonds is 7. The van der Waals surface area contributed by atoms with Gasteiger partial charge < -0.3 is 24.9 Å². The lowest BCUT2D eigenvalue weighted by Gasteiger charge is -2.15. The zero-order chi connectivity index (χ0) is 20.9. The van der Waals surface area contributed by atoms with Crippen LogP contribution in [0, 0.1) is 13.8 Å². The monoisotopic (exact) mass is 409 g/mol. The molecule has 1 atom stereocenters. The van der Waals surface area contributed by atoms with Gasteiger partial charge in [0.05, 0.1) is 6.10 Å². The lowest BCUT2D eigenvalue weighted by molar-refractivity contribution is 0.114. The van der Waals surface area contributed by atoms with Gasteiger partial charge in [-0.3, -0.25) is 0 Å². The third kappa shape index (κ3) is 4.64. The second-order valence-electron chi connectivity index (χ2n) is 7.89.